The van der Waals surface area contributed by atoms with Crippen LogP contribution in [0.4, 0.5) is 11.4 Å². The molecule has 2 aromatic heterocycles. The number of pyridine rings is 2. The molecule has 38 heavy (non-hydrogen) atoms. The lowest BCUT2D eigenvalue weighted by Gasteiger charge is -2.12. The first kappa shape index (κ1) is 25.2. The Bertz CT molecular complexity index is 1470. The summed E-state index contributed by atoms with van der Waals surface area (Å²) >= 11 is 0. The monoisotopic (exact) mass is 500 g/mol. The van der Waals surface area contributed by atoms with Crippen LogP contribution in [-0.4, -0.2) is 28.2 Å². The molecule has 0 spiro atoms. The maximum atomic E-state index is 2.24. The maximum absolute atomic E-state index is 2.24. The summed E-state index contributed by atoms with van der Waals surface area (Å²) in [6.45, 7) is 1.70. The van der Waals surface area contributed by atoms with E-state index in [-0.39, 0.29) is 0 Å². The Balaban J connectivity index is 1.29. The van der Waals surface area contributed by atoms with E-state index in [2.05, 4.69) is 169 Å². The zero-order valence-corrected chi connectivity index (χ0v) is 22.8. The first-order valence-electron chi connectivity index (χ1n) is 13.1. The van der Waals surface area contributed by atoms with Crippen LogP contribution >= 0.6 is 0 Å². The Morgan fingerprint density at radius 3 is 1.45 bits per heavy atom. The van der Waals surface area contributed by atoms with Crippen LogP contribution < -0.4 is 18.9 Å². The molecular formula is C34H36N4+2. The number of benzene rings is 3. The van der Waals surface area contributed by atoms with Gasteiger partial charge in [0.2, 0.25) is 0 Å². The second-order valence-electron chi connectivity index (χ2n) is 10.2. The van der Waals surface area contributed by atoms with Crippen molar-refractivity contribution >= 4 is 11.4 Å². The van der Waals surface area contributed by atoms with Crippen molar-refractivity contribution in [1.82, 2.24) is 0 Å². The summed E-state index contributed by atoms with van der Waals surface area (Å²) in [6.07, 6.45) is 8.57. The Kier molecular flexibility index (Phi) is 7.50. The third kappa shape index (κ3) is 5.92. The molecule has 2 heterocycles. The van der Waals surface area contributed by atoms with Crippen LogP contribution in [-0.2, 0) is 13.1 Å². The molecule has 0 atom stereocenters. The van der Waals surface area contributed by atoms with E-state index in [9.17, 15) is 0 Å². The lowest BCUT2D eigenvalue weighted by Crippen LogP contribution is -2.33. The number of rotatable bonds is 8. The fourth-order valence-electron chi connectivity index (χ4n) is 4.70. The van der Waals surface area contributed by atoms with Gasteiger partial charge in [0.15, 0.2) is 37.9 Å². The van der Waals surface area contributed by atoms with E-state index in [1.807, 2.05) is 0 Å². The molecule has 0 N–H and O–H groups in total. The second-order valence-corrected chi connectivity index (χ2v) is 10.2. The average molecular weight is 501 g/mol. The summed E-state index contributed by atoms with van der Waals surface area (Å²) < 4.78 is 4.44. The summed E-state index contributed by atoms with van der Waals surface area (Å²) in [5, 5.41) is 0. The topological polar surface area (TPSA) is 14.2 Å². The van der Waals surface area contributed by atoms with Crippen LogP contribution in [0.2, 0.25) is 0 Å². The van der Waals surface area contributed by atoms with Crippen molar-refractivity contribution < 1.29 is 9.13 Å². The molecule has 0 saturated carbocycles. The summed E-state index contributed by atoms with van der Waals surface area (Å²) in [5.41, 5.74) is 9.99. The number of aromatic nitrogens is 2. The van der Waals surface area contributed by atoms with Crippen molar-refractivity contribution in [1.29, 1.82) is 0 Å². The summed E-state index contributed by atoms with van der Waals surface area (Å²) in [6, 6.07) is 35.1. The molecule has 0 unspecified atom stereocenters. The fourth-order valence-corrected chi connectivity index (χ4v) is 4.70. The van der Waals surface area contributed by atoms with Gasteiger partial charge in [-0.1, -0.05) is 72.8 Å². The second kappa shape index (κ2) is 11.3. The molecular weight excluding hydrogens is 464 g/mol. The highest BCUT2D eigenvalue weighted by molar-refractivity contribution is 5.72. The lowest BCUT2D eigenvalue weighted by molar-refractivity contribution is -0.688. The normalized spacial score (nSPS) is 10.8. The van der Waals surface area contributed by atoms with Crippen LogP contribution in [0.25, 0.3) is 22.3 Å². The van der Waals surface area contributed by atoms with Gasteiger partial charge < -0.3 is 9.80 Å². The third-order valence-corrected chi connectivity index (χ3v) is 7.00. The molecule has 0 bridgehead atoms. The van der Waals surface area contributed by atoms with E-state index in [4.69, 9.17) is 0 Å². The highest BCUT2D eigenvalue weighted by Crippen LogP contribution is 2.27. The molecule has 0 aliphatic heterocycles. The van der Waals surface area contributed by atoms with E-state index in [1.54, 1.807) is 0 Å². The van der Waals surface area contributed by atoms with Gasteiger partial charge in [0, 0.05) is 75.0 Å². The molecule has 0 aliphatic rings. The quantitative estimate of drug-likeness (QED) is 0.249. The van der Waals surface area contributed by atoms with Gasteiger partial charge in [-0.3, -0.25) is 0 Å². The Morgan fingerprint density at radius 2 is 0.921 bits per heavy atom. The number of hydrogen-bond donors (Lipinski definition) is 0. The molecule has 0 amide bonds. The minimum atomic E-state index is 0.836. The number of anilines is 2. The molecule has 0 saturated heterocycles. The summed E-state index contributed by atoms with van der Waals surface area (Å²) in [4.78, 5) is 4.24. The van der Waals surface area contributed by atoms with Gasteiger partial charge in [0.25, 0.3) is 0 Å². The molecule has 0 radical (unpaired) electrons. The Labute approximate surface area is 226 Å². The standard InChI is InChI=1S/C34H36N4/c1-35(2)32-17-21-37(22-18-32)25-27-9-11-28(12-10-27)29-13-15-30(16-14-29)34-8-6-5-7-31(34)26-38-23-19-33(20-24-38)36(3)4/h5-24H,25-26H2,1-4H3/q+2. The average Bonchev–Trinajstić information content (AvgIpc) is 2.94. The van der Waals surface area contributed by atoms with Gasteiger partial charge in [-0.05, 0) is 22.3 Å². The molecule has 4 nitrogen and oxygen atoms in total. The van der Waals surface area contributed by atoms with Crippen molar-refractivity contribution in [3.63, 3.8) is 0 Å². The highest BCUT2D eigenvalue weighted by atomic mass is 15.1. The van der Waals surface area contributed by atoms with E-state index in [1.165, 1.54) is 44.8 Å². The van der Waals surface area contributed by atoms with Crippen LogP contribution in [0.1, 0.15) is 11.1 Å². The first-order chi connectivity index (χ1) is 18.5. The predicted molar refractivity (Wildman–Crippen MR) is 157 cm³/mol. The molecule has 0 fully saturated rings. The van der Waals surface area contributed by atoms with Gasteiger partial charge in [-0.25, -0.2) is 9.13 Å². The van der Waals surface area contributed by atoms with Crippen LogP contribution in [0, 0.1) is 0 Å². The van der Waals surface area contributed by atoms with Gasteiger partial charge >= 0.3 is 0 Å². The van der Waals surface area contributed by atoms with Crippen molar-refractivity contribution in [2.75, 3.05) is 38.0 Å². The van der Waals surface area contributed by atoms with Gasteiger partial charge in [0.05, 0.1) is 0 Å². The zero-order valence-electron chi connectivity index (χ0n) is 22.8. The van der Waals surface area contributed by atoms with Crippen molar-refractivity contribution in [2.45, 2.75) is 13.1 Å². The minimum Gasteiger partial charge on any atom is -0.377 e. The highest BCUT2D eigenvalue weighted by Gasteiger charge is 2.11. The van der Waals surface area contributed by atoms with Crippen molar-refractivity contribution in [3.8, 4) is 22.3 Å². The van der Waals surface area contributed by atoms with E-state index in [0.29, 0.717) is 0 Å². The Hall–Kier alpha value is -4.44. The molecule has 0 aliphatic carbocycles. The van der Waals surface area contributed by atoms with Crippen LogP contribution in [0.15, 0.2) is 122 Å². The van der Waals surface area contributed by atoms with Crippen molar-refractivity contribution in [2.24, 2.45) is 0 Å². The van der Waals surface area contributed by atoms with Crippen molar-refractivity contribution in [3.05, 3.63) is 133 Å². The number of nitrogens with zero attached hydrogens (tertiary/aromatic N) is 4. The molecule has 5 aromatic rings. The SMILES string of the molecule is CN(C)c1cc[n+](Cc2ccc(-c3ccc(-c4ccccc4C[n+]4ccc(N(C)C)cc4)cc3)cc2)cc1. The zero-order chi connectivity index (χ0) is 26.5. The van der Waals surface area contributed by atoms with Crippen LogP contribution in [0.3, 0.4) is 0 Å². The van der Waals surface area contributed by atoms with E-state index >= 15 is 0 Å². The summed E-state index contributed by atoms with van der Waals surface area (Å²) in [5.74, 6) is 0. The lowest BCUT2D eigenvalue weighted by atomic mass is 9.96. The number of hydrogen-bond acceptors (Lipinski definition) is 2. The summed E-state index contributed by atoms with van der Waals surface area (Å²) in [7, 11) is 8.26. The van der Waals surface area contributed by atoms with Gasteiger partial charge in [-0.15, -0.1) is 0 Å². The van der Waals surface area contributed by atoms with Gasteiger partial charge in [0.1, 0.15) is 0 Å². The largest absolute Gasteiger partial charge is 0.377 e. The Morgan fingerprint density at radius 1 is 0.474 bits per heavy atom. The fraction of sp³-hybridized carbons (Fsp3) is 0.176. The first-order valence-corrected chi connectivity index (χ1v) is 13.1. The maximum Gasteiger partial charge on any atom is 0.174 e. The molecule has 3 aromatic carbocycles. The minimum absolute atomic E-state index is 0.836. The van der Waals surface area contributed by atoms with E-state index in [0.717, 1.165) is 13.1 Å². The predicted octanol–water partition coefficient (Wildman–Crippen LogP) is 5.82. The van der Waals surface area contributed by atoms with E-state index < -0.39 is 0 Å². The molecule has 5 rings (SSSR count). The third-order valence-electron chi connectivity index (χ3n) is 7.00. The molecule has 4 heteroatoms. The molecule has 190 valence electrons. The van der Waals surface area contributed by atoms with Crippen LogP contribution in [0.5, 0.6) is 0 Å². The smallest absolute Gasteiger partial charge is 0.174 e. The van der Waals surface area contributed by atoms with Gasteiger partial charge in [-0.2, -0.15) is 0 Å².